The molecule has 0 spiro atoms. The van der Waals surface area contributed by atoms with Gasteiger partial charge in [-0.05, 0) is 31.2 Å². The lowest BCUT2D eigenvalue weighted by molar-refractivity contribution is 0.340. The number of benzene rings is 1. The molecule has 1 aromatic carbocycles. The molecule has 1 heterocycles. The third kappa shape index (κ3) is 3.47. The van der Waals surface area contributed by atoms with E-state index < -0.39 is 0 Å². The minimum absolute atomic E-state index is 0.623. The first-order valence-corrected chi connectivity index (χ1v) is 6.48. The smallest absolute Gasteiger partial charge is 0.226 e. The summed E-state index contributed by atoms with van der Waals surface area (Å²) in [5.41, 5.74) is 1.09. The monoisotopic (exact) mass is 261 g/mol. The highest BCUT2D eigenvalue weighted by Gasteiger charge is 2.08. The van der Waals surface area contributed by atoms with Crippen molar-refractivity contribution >= 4 is 5.69 Å². The predicted molar refractivity (Wildman–Crippen MR) is 73.4 cm³/mol. The van der Waals surface area contributed by atoms with Gasteiger partial charge in [0.05, 0.1) is 13.2 Å². The standard InChI is InChI=1S/C14H19N3O2/c1-4-14-15-13(16-19-14)10-17(3)11-6-8-12(9-7-11)18-5-2/h6-9H,4-5,10H2,1-3H3. The van der Waals surface area contributed by atoms with Crippen molar-refractivity contribution in [2.45, 2.75) is 26.8 Å². The van der Waals surface area contributed by atoms with Gasteiger partial charge in [-0.3, -0.25) is 0 Å². The molecule has 0 aliphatic heterocycles. The zero-order chi connectivity index (χ0) is 13.7. The summed E-state index contributed by atoms with van der Waals surface area (Å²) >= 11 is 0. The lowest BCUT2D eigenvalue weighted by Crippen LogP contribution is -2.17. The first-order chi connectivity index (χ1) is 9.22. The molecular formula is C14H19N3O2. The summed E-state index contributed by atoms with van der Waals surface area (Å²) in [7, 11) is 2.00. The lowest BCUT2D eigenvalue weighted by atomic mass is 10.3. The first kappa shape index (κ1) is 13.4. The zero-order valence-electron chi connectivity index (χ0n) is 11.6. The molecule has 5 heteroatoms. The third-order valence-corrected chi connectivity index (χ3v) is 2.78. The molecular weight excluding hydrogens is 242 g/mol. The van der Waals surface area contributed by atoms with E-state index in [2.05, 4.69) is 15.0 Å². The van der Waals surface area contributed by atoms with Crippen LogP contribution < -0.4 is 9.64 Å². The molecule has 2 aromatic rings. The van der Waals surface area contributed by atoms with Gasteiger partial charge in [-0.2, -0.15) is 4.98 Å². The summed E-state index contributed by atoms with van der Waals surface area (Å²) in [5.74, 6) is 2.26. The normalized spacial score (nSPS) is 10.5. The maximum Gasteiger partial charge on any atom is 0.226 e. The van der Waals surface area contributed by atoms with Crippen LogP contribution in [0.15, 0.2) is 28.8 Å². The van der Waals surface area contributed by atoms with Crippen molar-refractivity contribution in [3.63, 3.8) is 0 Å². The average Bonchev–Trinajstić information content (AvgIpc) is 2.87. The molecule has 2 rings (SSSR count). The van der Waals surface area contributed by atoms with Gasteiger partial charge in [-0.1, -0.05) is 12.1 Å². The van der Waals surface area contributed by atoms with E-state index in [0.717, 1.165) is 17.9 Å². The van der Waals surface area contributed by atoms with Gasteiger partial charge in [0.15, 0.2) is 5.82 Å². The molecule has 0 atom stereocenters. The van der Waals surface area contributed by atoms with Crippen LogP contribution in [-0.2, 0) is 13.0 Å². The fourth-order valence-electron chi connectivity index (χ4n) is 1.76. The highest BCUT2D eigenvalue weighted by atomic mass is 16.5. The summed E-state index contributed by atoms with van der Waals surface area (Å²) in [6.07, 6.45) is 0.764. The molecule has 0 saturated carbocycles. The van der Waals surface area contributed by atoms with E-state index in [1.807, 2.05) is 45.2 Å². The highest BCUT2D eigenvalue weighted by molar-refractivity contribution is 5.48. The highest BCUT2D eigenvalue weighted by Crippen LogP contribution is 2.19. The molecule has 0 amide bonds. The largest absolute Gasteiger partial charge is 0.494 e. The Morgan fingerprint density at radius 2 is 1.95 bits per heavy atom. The fraction of sp³-hybridized carbons (Fsp3) is 0.429. The number of hydrogen-bond acceptors (Lipinski definition) is 5. The van der Waals surface area contributed by atoms with Crippen LogP contribution in [0.3, 0.4) is 0 Å². The van der Waals surface area contributed by atoms with E-state index in [1.54, 1.807) is 0 Å². The van der Waals surface area contributed by atoms with E-state index in [-0.39, 0.29) is 0 Å². The third-order valence-electron chi connectivity index (χ3n) is 2.78. The molecule has 19 heavy (non-hydrogen) atoms. The van der Waals surface area contributed by atoms with Gasteiger partial charge in [0.25, 0.3) is 0 Å². The minimum Gasteiger partial charge on any atom is -0.494 e. The number of hydrogen-bond donors (Lipinski definition) is 0. The van der Waals surface area contributed by atoms with Crippen LogP contribution in [0.1, 0.15) is 25.6 Å². The average molecular weight is 261 g/mol. The number of nitrogens with zero attached hydrogens (tertiary/aromatic N) is 3. The number of ether oxygens (including phenoxy) is 1. The molecule has 0 unspecified atom stereocenters. The summed E-state index contributed by atoms with van der Waals surface area (Å²) in [5, 5.41) is 3.95. The molecule has 0 bridgehead atoms. The molecule has 0 fully saturated rings. The number of aromatic nitrogens is 2. The topological polar surface area (TPSA) is 51.4 Å². The molecule has 0 aliphatic rings. The van der Waals surface area contributed by atoms with Gasteiger partial charge in [0, 0.05) is 19.2 Å². The Kier molecular flexibility index (Phi) is 4.39. The molecule has 0 radical (unpaired) electrons. The second-order valence-electron chi connectivity index (χ2n) is 4.24. The van der Waals surface area contributed by atoms with Crippen molar-refractivity contribution < 1.29 is 9.26 Å². The molecule has 1 aromatic heterocycles. The van der Waals surface area contributed by atoms with Crippen molar-refractivity contribution in [2.75, 3.05) is 18.6 Å². The van der Waals surface area contributed by atoms with E-state index in [9.17, 15) is 0 Å². The van der Waals surface area contributed by atoms with Crippen LogP contribution in [0.4, 0.5) is 5.69 Å². The van der Waals surface area contributed by atoms with Gasteiger partial charge in [-0.15, -0.1) is 0 Å². The van der Waals surface area contributed by atoms with Crippen LogP contribution in [0.5, 0.6) is 5.75 Å². The number of rotatable bonds is 6. The Balaban J connectivity index is 2.00. The molecule has 5 nitrogen and oxygen atoms in total. The second-order valence-corrected chi connectivity index (χ2v) is 4.24. The van der Waals surface area contributed by atoms with Gasteiger partial charge in [0.1, 0.15) is 5.75 Å². The maximum atomic E-state index is 5.42. The van der Waals surface area contributed by atoms with Crippen LogP contribution >= 0.6 is 0 Å². The van der Waals surface area contributed by atoms with Gasteiger partial charge >= 0.3 is 0 Å². The summed E-state index contributed by atoms with van der Waals surface area (Å²) in [4.78, 5) is 6.37. The maximum absolute atomic E-state index is 5.42. The quantitative estimate of drug-likeness (QED) is 0.800. The predicted octanol–water partition coefficient (Wildman–Crippen LogP) is 2.67. The molecule has 0 N–H and O–H groups in total. The Morgan fingerprint density at radius 3 is 2.53 bits per heavy atom. The minimum atomic E-state index is 0.623. The van der Waals surface area contributed by atoms with Gasteiger partial charge in [0.2, 0.25) is 5.89 Å². The lowest BCUT2D eigenvalue weighted by Gasteiger charge is -2.17. The Bertz CT molecular complexity index is 508. The summed E-state index contributed by atoms with van der Waals surface area (Å²) in [6.45, 7) is 5.27. The molecule has 0 aliphatic carbocycles. The van der Waals surface area contributed by atoms with Crippen LogP contribution in [0.25, 0.3) is 0 Å². The molecule has 0 saturated heterocycles. The SMILES string of the molecule is CCOc1ccc(N(C)Cc2noc(CC)n2)cc1. The number of anilines is 1. The Morgan fingerprint density at radius 1 is 1.21 bits per heavy atom. The summed E-state index contributed by atoms with van der Waals surface area (Å²) in [6, 6.07) is 7.96. The van der Waals surface area contributed by atoms with Gasteiger partial charge < -0.3 is 14.2 Å². The van der Waals surface area contributed by atoms with Crippen LogP contribution in [0.2, 0.25) is 0 Å². The van der Waals surface area contributed by atoms with Crippen molar-refractivity contribution in [3.05, 3.63) is 36.0 Å². The second kappa shape index (κ2) is 6.22. The van der Waals surface area contributed by atoms with Crippen molar-refractivity contribution in [1.29, 1.82) is 0 Å². The van der Waals surface area contributed by atoms with E-state index in [1.165, 1.54) is 0 Å². The van der Waals surface area contributed by atoms with Crippen molar-refractivity contribution in [1.82, 2.24) is 10.1 Å². The van der Waals surface area contributed by atoms with E-state index >= 15 is 0 Å². The summed E-state index contributed by atoms with van der Waals surface area (Å²) < 4.78 is 10.5. The van der Waals surface area contributed by atoms with Crippen molar-refractivity contribution in [3.8, 4) is 5.75 Å². The first-order valence-electron chi connectivity index (χ1n) is 6.48. The van der Waals surface area contributed by atoms with Crippen molar-refractivity contribution in [2.24, 2.45) is 0 Å². The van der Waals surface area contributed by atoms with Crippen LogP contribution in [-0.4, -0.2) is 23.8 Å². The van der Waals surface area contributed by atoms with Crippen LogP contribution in [0, 0.1) is 0 Å². The van der Waals surface area contributed by atoms with E-state index in [0.29, 0.717) is 24.9 Å². The Labute approximate surface area is 113 Å². The van der Waals surface area contributed by atoms with E-state index in [4.69, 9.17) is 9.26 Å². The van der Waals surface area contributed by atoms with Gasteiger partial charge in [-0.25, -0.2) is 0 Å². The number of aryl methyl sites for hydroxylation is 1. The zero-order valence-corrected chi connectivity index (χ0v) is 11.6. The Hall–Kier alpha value is -2.04. The fourth-order valence-corrected chi connectivity index (χ4v) is 1.76. The molecule has 102 valence electrons.